The Morgan fingerprint density at radius 2 is 1.95 bits per heavy atom. The number of sulfonamides is 1. The Hall–Kier alpha value is -1.70. The van der Waals surface area contributed by atoms with E-state index in [1.165, 1.54) is 0 Å². The molecule has 1 heterocycles. The molecule has 0 atom stereocenters. The third kappa shape index (κ3) is 3.90. The lowest BCUT2D eigenvalue weighted by Crippen LogP contribution is -2.24. The highest BCUT2D eigenvalue weighted by Gasteiger charge is 2.18. The predicted molar refractivity (Wildman–Crippen MR) is 79.2 cm³/mol. The standard InChI is InChI=1S/C14H19N3O3S/c1-10-4-5-12(8-15-3)7-14(10)21(18,19)16-9-13-6-11(2)17-20-13/h4-7,15-16H,8-9H2,1-3H3. The Kier molecular flexibility index (Phi) is 4.76. The van der Waals surface area contributed by atoms with E-state index < -0.39 is 10.0 Å². The molecule has 0 aliphatic carbocycles. The van der Waals surface area contributed by atoms with Crippen LogP contribution in [0.25, 0.3) is 0 Å². The molecule has 2 N–H and O–H groups in total. The number of nitrogens with one attached hydrogen (secondary N) is 2. The fourth-order valence-electron chi connectivity index (χ4n) is 1.99. The van der Waals surface area contributed by atoms with Gasteiger partial charge in [0.2, 0.25) is 10.0 Å². The SMILES string of the molecule is CNCc1ccc(C)c(S(=O)(=O)NCc2cc(C)no2)c1. The van der Waals surface area contributed by atoms with Crippen molar-refractivity contribution in [1.82, 2.24) is 15.2 Å². The average molecular weight is 309 g/mol. The second kappa shape index (κ2) is 6.38. The smallest absolute Gasteiger partial charge is 0.241 e. The van der Waals surface area contributed by atoms with Crippen molar-refractivity contribution < 1.29 is 12.9 Å². The minimum atomic E-state index is -3.59. The van der Waals surface area contributed by atoms with Crippen molar-refractivity contribution in [2.45, 2.75) is 31.8 Å². The Labute approximate surface area is 124 Å². The summed E-state index contributed by atoms with van der Waals surface area (Å²) in [5, 5.41) is 6.73. The van der Waals surface area contributed by atoms with Crippen LogP contribution in [0.2, 0.25) is 0 Å². The van der Waals surface area contributed by atoms with E-state index in [9.17, 15) is 8.42 Å². The molecule has 0 radical (unpaired) electrons. The minimum Gasteiger partial charge on any atom is -0.360 e. The van der Waals surface area contributed by atoms with Crippen molar-refractivity contribution in [3.63, 3.8) is 0 Å². The number of aryl methyl sites for hydroxylation is 2. The zero-order chi connectivity index (χ0) is 15.5. The Bertz CT molecular complexity index is 723. The minimum absolute atomic E-state index is 0.0822. The van der Waals surface area contributed by atoms with Crippen molar-refractivity contribution in [1.29, 1.82) is 0 Å². The van der Waals surface area contributed by atoms with Gasteiger partial charge in [-0.05, 0) is 38.1 Å². The normalized spacial score (nSPS) is 11.8. The number of hydrogen-bond acceptors (Lipinski definition) is 5. The molecule has 2 aromatic rings. The van der Waals surface area contributed by atoms with Gasteiger partial charge < -0.3 is 9.84 Å². The third-order valence-electron chi connectivity index (χ3n) is 3.04. The predicted octanol–water partition coefficient (Wildman–Crippen LogP) is 1.49. The molecular weight excluding hydrogens is 290 g/mol. The van der Waals surface area contributed by atoms with Crippen LogP contribution in [0.5, 0.6) is 0 Å². The lowest BCUT2D eigenvalue weighted by atomic mass is 10.1. The molecule has 0 fully saturated rings. The van der Waals surface area contributed by atoms with Crippen LogP contribution in [0, 0.1) is 13.8 Å². The van der Waals surface area contributed by atoms with Crippen molar-refractivity contribution in [2.75, 3.05) is 7.05 Å². The highest BCUT2D eigenvalue weighted by molar-refractivity contribution is 7.89. The van der Waals surface area contributed by atoms with Gasteiger partial charge in [-0.15, -0.1) is 0 Å². The van der Waals surface area contributed by atoms with Gasteiger partial charge in [-0.25, -0.2) is 13.1 Å². The van der Waals surface area contributed by atoms with E-state index in [0.717, 1.165) is 11.3 Å². The summed E-state index contributed by atoms with van der Waals surface area (Å²) in [4.78, 5) is 0.284. The maximum absolute atomic E-state index is 12.4. The number of benzene rings is 1. The van der Waals surface area contributed by atoms with Gasteiger partial charge in [0.05, 0.1) is 17.1 Å². The van der Waals surface area contributed by atoms with E-state index in [1.807, 2.05) is 13.1 Å². The molecule has 0 saturated carbocycles. The van der Waals surface area contributed by atoms with Crippen molar-refractivity contribution in [3.8, 4) is 0 Å². The molecule has 1 aromatic heterocycles. The van der Waals surface area contributed by atoms with E-state index >= 15 is 0 Å². The van der Waals surface area contributed by atoms with Crippen LogP contribution in [0.3, 0.4) is 0 Å². The zero-order valence-corrected chi connectivity index (χ0v) is 13.1. The van der Waals surface area contributed by atoms with E-state index in [4.69, 9.17) is 4.52 Å². The van der Waals surface area contributed by atoms with Gasteiger partial charge in [0.1, 0.15) is 0 Å². The summed E-state index contributed by atoms with van der Waals surface area (Å²) in [6, 6.07) is 7.09. The first-order valence-corrected chi connectivity index (χ1v) is 8.06. The fraction of sp³-hybridized carbons (Fsp3) is 0.357. The molecule has 21 heavy (non-hydrogen) atoms. The van der Waals surface area contributed by atoms with Crippen LogP contribution in [-0.2, 0) is 23.1 Å². The molecule has 7 heteroatoms. The summed E-state index contributed by atoms with van der Waals surface area (Å²) in [5.41, 5.74) is 2.34. The first kappa shape index (κ1) is 15.7. The fourth-order valence-corrected chi connectivity index (χ4v) is 3.28. The maximum atomic E-state index is 12.4. The Morgan fingerprint density at radius 1 is 1.19 bits per heavy atom. The first-order valence-electron chi connectivity index (χ1n) is 6.58. The molecule has 114 valence electrons. The van der Waals surface area contributed by atoms with Crippen LogP contribution in [0.1, 0.15) is 22.6 Å². The summed E-state index contributed by atoms with van der Waals surface area (Å²) in [6.07, 6.45) is 0. The van der Waals surface area contributed by atoms with Crippen LogP contribution < -0.4 is 10.0 Å². The van der Waals surface area contributed by atoms with Crippen molar-refractivity contribution in [2.24, 2.45) is 0 Å². The van der Waals surface area contributed by atoms with Gasteiger partial charge in [-0.3, -0.25) is 0 Å². The van der Waals surface area contributed by atoms with E-state index in [2.05, 4.69) is 15.2 Å². The Balaban J connectivity index is 2.20. The second-order valence-corrected chi connectivity index (χ2v) is 6.62. The van der Waals surface area contributed by atoms with Crippen LogP contribution in [0.15, 0.2) is 33.7 Å². The largest absolute Gasteiger partial charge is 0.360 e. The summed E-state index contributed by atoms with van der Waals surface area (Å²) in [5.74, 6) is 0.486. The lowest BCUT2D eigenvalue weighted by Gasteiger charge is -2.10. The second-order valence-electron chi connectivity index (χ2n) is 4.89. The van der Waals surface area contributed by atoms with Gasteiger partial charge in [0, 0.05) is 12.6 Å². The molecule has 0 aliphatic heterocycles. The van der Waals surface area contributed by atoms with E-state index in [0.29, 0.717) is 17.9 Å². The number of nitrogens with zero attached hydrogens (tertiary/aromatic N) is 1. The molecule has 0 aliphatic rings. The third-order valence-corrected chi connectivity index (χ3v) is 4.58. The van der Waals surface area contributed by atoms with Crippen LogP contribution in [0.4, 0.5) is 0 Å². The highest BCUT2D eigenvalue weighted by atomic mass is 32.2. The van der Waals surface area contributed by atoms with Gasteiger partial charge >= 0.3 is 0 Å². The first-order chi connectivity index (χ1) is 9.92. The molecule has 2 rings (SSSR count). The quantitative estimate of drug-likeness (QED) is 0.844. The van der Waals surface area contributed by atoms with Crippen LogP contribution >= 0.6 is 0 Å². The molecule has 1 aromatic carbocycles. The van der Waals surface area contributed by atoms with Gasteiger partial charge in [-0.1, -0.05) is 17.3 Å². The van der Waals surface area contributed by atoms with E-state index in [-0.39, 0.29) is 11.4 Å². The molecule has 6 nitrogen and oxygen atoms in total. The van der Waals surface area contributed by atoms with E-state index in [1.54, 1.807) is 32.0 Å². The van der Waals surface area contributed by atoms with Gasteiger partial charge in [-0.2, -0.15) is 0 Å². The highest BCUT2D eigenvalue weighted by Crippen LogP contribution is 2.17. The molecule has 0 amide bonds. The molecule has 0 spiro atoms. The number of hydrogen-bond donors (Lipinski definition) is 2. The number of rotatable bonds is 6. The number of aromatic nitrogens is 1. The average Bonchev–Trinajstić information content (AvgIpc) is 2.85. The summed E-state index contributed by atoms with van der Waals surface area (Å²) >= 11 is 0. The topological polar surface area (TPSA) is 84.2 Å². The Morgan fingerprint density at radius 3 is 2.57 bits per heavy atom. The lowest BCUT2D eigenvalue weighted by molar-refractivity contribution is 0.377. The van der Waals surface area contributed by atoms with Crippen molar-refractivity contribution in [3.05, 3.63) is 46.8 Å². The maximum Gasteiger partial charge on any atom is 0.241 e. The zero-order valence-electron chi connectivity index (χ0n) is 12.3. The molecule has 0 unspecified atom stereocenters. The summed E-state index contributed by atoms with van der Waals surface area (Å²) in [7, 11) is -1.77. The molecule has 0 saturated heterocycles. The molecular formula is C14H19N3O3S. The van der Waals surface area contributed by atoms with Gasteiger partial charge in [0.15, 0.2) is 5.76 Å². The summed E-state index contributed by atoms with van der Waals surface area (Å²) < 4.78 is 32.3. The van der Waals surface area contributed by atoms with Crippen molar-refractivity contribution >= 4 is 10.0 Å². The van der Waals surface area contributed by atoms with Gasteiger partial charge in [0.25, 0.3) is 0 Å². The monoisotopic (exact) mass is 309 g/mol. The summed E-state index contributed by atoms with van der Waals surface area (Å²) in [6.45, 7) is 4.26. The van der Waals surface area contributed by atoms with Crippen LogP contribution in [-0.4, -0.2) is 20.6 Å². The molecule has 0 bridgehead atoms.